The number of fused-ring (bicyclic) bond motifs is 1. The van der Waals surface area contributed by atoms with Gasteiger partial charge in [0, 0.05) is 0 Å². The molecule has 2 aromatic carbocycles. The molecule has 1 aliphatic heterocycles. The van der Waals surface area contributed by atoms with Gasteiger partial charge >= 0.3 is 0 Å². The van der Waals surface area contributed by atoms with Crippen molar-refractivity contribution in [3.63, 3.8) is 0 Å². The number of nitrogens with one attached hydrogen (secondary N) is 2. The second-order valence-electron chi connectivity index (χ2n) is 6.29. The van der Waals surface area contributed by atoms with E-state index in [1.165, 1.54) is 25.4 Å². The Balaban J connectivity index is 1.76. The number of methoxy groups -OCH3 is 1. The molecule has 1 atom stereocenters. The minimum atomic E-state index is -1.10. The van der Waals surface area contributed by atoms with E-state index in [0.717, 1.165) is 12.1 Å². The number of H-pyrrole nitrogens is 1. The van der Waals surface area contributed by atoms with Gasteiger partial charge in [-0.05, 0) is 42.0 Å². The summed E-state index contributed by atoms with van der Waals surface area (Å²) in [7, 11) is 1.34. The summed E-state index contributed by atoms with van der Waals surface area (Å²) < 4.78 is 35.0. The highest BCUT2D eigenvalue weighted by atomic mass is 32.1. The monoisotopic (exact) mass is 429 g/mol. The quantitative estimate of drug-likeness (QED) is 0.486. The molecule has 4 rings (SSSR count). The third kappa shape index (κ3) is 3.18. The normalized spacial score (nSPS) is 13.9. The van der Waals surface area contributed by atoms with E-state index >= 15 is 8.78 Å². The highest BCUT2D eigenvalue weighted by Crippen LogP contribution is 2.34. The summed E-state index contributed by atoms with van der Waals surface area (Å²) in [6, 6.07) is 7.08. The van der Waals surface area contributed by atoms with Gasteiger partial charge in [0.15, 0.2) is 11.6 Å². The van der Waals surface area contributed by atoms with Gasteiger partial charge in [-0.2, -0.15) is 15.4 Å². The zero-order valence-electron chi connectivity index (χ0n) is 15.3. The number of hydrogen-bond donors (Lipinski definition) is 2. The van der Waals surface area contributed by atoms with Crippen LogP contribution >= 0.6 is 12.2 Å². The Morgan fingerprint density at radius 2 is 1.77 bits per heavy atom. The van der Waals surface area contributed by atoms with Crippen molar-refractivity contribution in [3.05, 3.63) is 76.6 Å². The van der Waals surface area contributed by atoms with Crippen LogP contribution in [-0.4, -0.2) is 39.5 Å². The van der Waals surface area contributed by atoms with E-state index in [1.807, 2.05) is 0 Å². The van der Waals surface area contributed by atoms with Crippen LogP contribution in [0.25, 0.3) is 0 Å². The largest absolute Gasteiger partial charge is 0.474 e. The number of aromatic amines is 1. The van der Waals surface area contributed by atoms with Gasteiger partial charge in [0.05, 0.1) is 24.4 Å². The average Bonchev–Trinajstić information content (AvgIpc) is 3.35. The van der Waals surface area contributed by atoms with Crippen LogP contribution in [-0.2, 0) is 4.74 Å². The minimum Gasteiger partial charge on any atom is -0.474 e. The third-order valence-corrected chi connectivity index (χ3v) is 4.85. The Morgan fingerprint density at radius 3 is 2.27 bits per heavy atom. The summed E-state index contributed by atoms with van der Waals surface area (Å²) in [5, 5.41) is 12.7. The number of carbonyl (C=O) groups excluding carboxylic acids is 2. The van der Waals surface area contributed by atoms with E-state index in [0.29, 0.717) is 10.6 Å². The van der Waals surface area contributed by atoms with Crippen molar-refractivity contribution < 1.29 is 23.1 Å². The van der Waals surface area contributed by atoms with Gasteiger partial charge in [-0.15, -0.1) is 0 Å². The molecule has 152 valence electrons. The zero-order valence-corrected chi connectivity index (χ0v) is 16.2. The summed E-state index contributed by atoms with van der Waals surface area (Å²) in [6.07, 6.45) is 1.35. The molecule has 0 saturated heterocycles. The maximum Gasteiger partial charge on any atom is 0.266 e. The number of imide groups is 1. The number of ether oxygens (including phenoxy) is 1. The smallest absolute Gasteiger partial charge is 0.266 e. The fraction of sp³-hybridized carbons (Fsp3) is 0.105. The van der Waals surface area contributed by atoms with Gasteiger partial charge in [0.25, 0.3) is 17.0 Å². The van der Waals surface area contributed by atoms with Gasteiger partial charge in [0.2, 0.25) is 0 Å². The summed E-state index contributed by atoms with van der Waals surface area (Å²) in [4.78, 5) is 25.7. The van der Waals surface area contributed by atoms with Crippen molar-refractivity contribution in [1.29, 1.82) is 0 Å². The first kappa shape index (κ1) is 19.6. The number of thiocarbonyl (C=S) groups is 1. The number of nitrogens with zero attached hydrogens (tertiary/aromatic N) is 3. The molecule has 2 amide bonds. The molecule has 2 heterocycles. The number of halogens is 2. The number of carbonyl (C=O) groups is 2. The lowest BCUT2D eigenvalue weighted by Gasteiger charge is -2.21. The van der Waals surface area contributed by atoms with Crippen molar-refractivity contribution in [2.75, 3.05) is 12.0 Å². The van der Waals surface area contributed by atoms with Gasteiger partial charge in [-0.25, -0.2) is 13.7 Å². The molecule has 11 heteroatoms. The first-order valence-electron chi connectivity index (χ1n) is 8.59. The molecule has 0 bridgehead atoms. The Hall–Kier alpha value is -3.73. The molecule has 1 aliphatic rings. The van der Waals surface area contributed by atoms with Crippen molar-refractivity contribution >= 4 is 34.9 Å². The molecule has 1 aromatic heterocycles. The molecule has 2 N–H and O–H groups in total. The van der Waals surface area contributed by atoms with Crippen LogP contribution in [0.2, 0.25) is 0 Å². The highest BCUT2D eigenvalue weighted by Gasteiger charge is 2.39. The number of benzene rings is 2. The van der Waals surface area contributed by atoms with Crippen LogP contribution in [0.4, 0.5) is 14.5 Å². The lowest BCUT2D eigenvalue weighted by molar-refractivity contribution is 0.0923. The molecule has 30 heavy (non-hydrogen) atoms. The second-order valence-corrected chi connectivity index (χ2v) is 6.66. The van der Waals surface area contributed by atoms with E-state index in [4.69, 9.17) is 17.0 Å². The number of hydrogen-bond acceptors (Lipinski definition) is 6. The first-order chi connectivity index (χ1) is 14.4. The second kappa shape index (κ2) is 7.59. The molecule has 0 fully saturated rings. The Kier molecular flexibility index (Phi) is 4.96. The summed E-state index contributed by atoms with van der Waals surface area (Å²) in [5.74, 6) is -3.79. The molecule has 0 saturated carbocycles. The van der Waals surface area contributed by atoms with E-state index in [-0.39, 0.29) is 21.9 Å². The SMILES string of the molecule is COC(=S)NC(c1cc(F)c(N2C(=O)c3ccccc3C2=O)c(F)c1)c1cn[nH]n1. The zero-order chi connectivity index (χ0) is 21.4. The van der Waals surface area contributed by atoms with Crippen molar-refractivity contribution in [1.82, 2.24) is 20.7 Å². The number of anilines is 1. The molecule has 3 aromatic rings. The lowest BCUT2D eigenvalue weighted by Crippen LogP contribution is -2.32. The van der Waals surface area contributed by atoms with E-state index in [1.54, 1.807) is 12.1 Å². The van der Waals surface area contributed by atoms with E-state index < -0.39 is 35.2 Å². The maximum atomic E-state index is 15.0. The van der Waals surface area contributed by atoms with E-state index in [2.05, 4.69) is 20.7 Å². The standard InChI is InChI=1S/C19H13F2N5O3S/c1-29-19(30)23-15(14-8-22-25-24-14)9-6-12(20)16(13(21)7-9)26-17(27)10-4-2-3-5-11(10)18(26)28/h2-8,15H,1H3,(H,23,30)(H,22,24,25). The third-order valence-electron chi connectivity index (χ3n) is 4.57. The van der Waals surface area contributed by atoms with Crippen LogP contribution in [0, 0.1) is 11.6 Å². The number of aromatic nitrogens is 3. The first-order valence-corrected chi connectivity index (χ1v) is 9.00. The average molecular weight is 429 g/mol. The minimum absolute atomic E-state index is 0.0340. The topological polar surface area (TPSA) is 100 Å². The Labute approximate surface area is 173 Å². The predicted molar refractivity (Wildman–Crippen MR) is 105 cm³/mol. The molecular formula is C19H13F2N5O3S. The van der Waals surface area contributed by atoms with Crippen LogP contribution in [0.1, 0.15) is 38.0 Å². The fourth-order valence-corrected chi connectivity index (χ4v) is 3.33. The van der Waals surface area contributed by atoms with Crippen molar-refractivity contribution in [2.24, 2.45) is 0 Å². The Bertz CT molecular complexity index is 1110. The van der Waals surface area contributed by atoms with Crippen molar-refractivity contribution in [3.8, 4) is 0 Å². The Morgan fingerprint density at radius 1 is 1.17 bits per heavy atom. The molecule has 0 spiro atoms. The van der Waals surface area contributed by atoms with Gasteiger partial charge in [-0.1, -0.05) is 12.1 Å². The maximum absolute atomic E-state index is 15.0. The van der Waals surface area contributed by atoms with Gasteiger partial charge < -0.3 is 10.1 Å². The van der Waals surface area contributed by atoms with E-state index in [9.17, 15) is 9.59 Å². The summed E-state index contributed by atoms with van der Waals surface area (Å²) in [5.41, 5.74) is -0.200. The number of rotatable bonds is 4. The van der Waals surface area contributed by atoms with Crippen molar-refractivity contribution in [2.45, 2.75) is 6.04 Å². The van der Waals surface area contributed by atoms with Gasteiger partial charge in [-0.3, -0.25) is 9.59 Å². The molecule has 0 radical (unpaired) electrons. The molecule has 0 aliphatic carbocycles. The predicted octanol–water partition coefficient (Wildman–Crippen LogP) is 2.49. The molecule has 8 nitrogen and oxygen atoms in total. The van der Waals surface area contributed by atoms with Gasteiger partial charge in [0.1, 0.15) is 17.4 Å². The lowest BCUT2D eigenvalue weighted by atomic mass is 10.0. The van der Waals surface area contributed by atoms with Crippen LogP contribution in [0.5, 0.6) is 0 Å². The summed E-state index contributed by atoms with van der Waals surface area (Å²) in [6.45, 7) is 0. The van der Waals surface area contributed by atoms with Crippen LogP contribution < -0.4 is 10.2 Å². The fourth-order valence-electron chi connectivity index (χ4n) is 3.21. The summed E-state index contributed by atoms with van der Waals surface area (Å²) >= 11 is 4.98. The van der Waals surface area contributed by atoms with Crippen LogP contribution in [0.3, 0.4) is 0 Å². The van der Waals surface area contributed by atoms with Crippen LogP contribution in [0.15, 0.2) is 42.6 Å². The molecular weight excluding hydrogens is 416 g/mol. The molecule has 1 unspecified atom stereocenters. The highest BCUT2D eigenvalue weighted by molar-refractivity contribution is 7.80. The number of amides is 2.